The van der Waals surface area contributed by atoms with Gasteiger partial charge < -0.3 is 9.64 Å². The Hall–Kier alpha value is -0.820. The number of amides is 1. The normalized spacial score (nSPS) is 24.9. The molecule has 0 N–H and O–H groups in total. The molecule has 6 nitrogen and oxygen atoms in total. The van der Waals surface area contributed by atoms with E-state index >= 15 is 0 Å². The predicted molar refractivity (Wildman–Crippen MR) is 68.8 cm³/mol. The van der Waals surface area contributed by atoms with Crippen molar-refractivity contribution >= 4 is 16.1 Å². The summed E-state index contributed by atoms with van der Waals surface area (Å²) in [4.78, 5) is 13.3. The second kappa shape index (κ2) is 4.70. The Morgan fingerprint density at radius 1 is 1.39 bits per heavy atom. The van der Waals surface area contributed by atoms with Gasteiger partial charge in [-0.25, -0.2) is 13.2 Å². The van der Waals surface area contributed by atoms with E-state index in [4.69, 9.17) is 4.74 Å². The van der Waals surface area contributed by atoms with Crippen LogP contribution in [0.1, 0.15) is 27.7 Å². The third kappa shape index (κ3) is 3.35. The molecule has 0 aliphatic carbocycles. The van der Waals surface area contributed by atoms with Crippen LogP contribution >= 0.6 is 0 Å². The maximum Gasteiger partial charge on any atom is 0.410 e. The number of hydrogen-bond donors (Lipinski definition) is 0. The van der Waals surface area contributed by atoms with Crippen LogP contribution in [0.5, 0.6) is 0 Å². The summed E-state index contributed by atoms with van der Waals surface area (Å²) in [7, 11) is -1.69. The van der Waals surface area contributed by atoms with Crippen molar-refractivity contribution in [3.8, 4) is 0 Å². The predicted octanol–water partition coefficient (Wildman–Crippen LogP) is 0.886. The topological polar surface area (TPSA) is 66.9 Å². The van der Waals surface area contributed by atoms with Gasteiger partial charge in [0.05, 0.1) is 18.3 Å². The average molecular weight is 278 g/mol. The summed E-state index contributed by atoms with van der Waals surface area (Å²) in [6.07, 6.45) is 0.767. The monoisotopic (exact) mass is 278 g/mol. The fraction of sp³-hybridized carbons (Fsp3) is 0.909. The summed E-state index contributed by atoms with van der Waals surface area (Å²) in [5, 5.41) is 0. The van der Waals surface area contributed by atoms with E-state index in [9.17, 15) is 13.2 Å². The number of hydrogen-bond acceptors (Lipinski definition) is 4. The van der Waals surface area contributed by atoms with Crippen molar-refractivity contribution in [2.45, 2.75) is 45.4 Å². The van der Waals surface area contributed by atoms with E-state index in [2.05, 4.69) is 0 Å². The fourth-order valence-corrected chi connectivity index (χ4v) is 2.55. The van der Waals surface area contributed by atoms with E-state index in [0.717, 1.165) is 6.26 Å². The van der Waals surface area contributed by atoms with E-state index in [1.807, 2.05) is 6.92 Å². The van der Waals surface area contributed by atoms with E-state index in [1.54, 1.807) is 20.8 Å². The molecule has 106 valence electrons. The first kappa shape index (κ1) is 15.2. The Labute approximate surface area is 109 Å². The lowest BCUT2D eigenvalue weighted by Crippen LogP contribution is -2.67. The summed E-state index contributed by atoms with van der Waals surface area (Å²) in [6, 6.07) is -0.341. The molecule has 1 saturated heterocycles. The lowest BCUT2D eigenvalue weighted by molar-refractivity contribution is -0.0246. The number of carbonyl (C=O) groups is 1. The molecule has 18 heavy (non-hydrogen) atoms. The van der Waals surface area contributed by atoms with Gasteiger partial charge in [0.25, 0.3) is 0 Å². The lowest BCUT2D eigenvalue weighted by atomic mass is 9.99. The number of ether oxygens (including phenoxy) is 1. The van der Waals surface area contributed by atoms with Gasteiger partial charge in [-0.2, -0.15) is 4.31 Å². The van der Waals surface area contributed by atoms with Crippen molar-refractivity contribution in [3.05, 3.63) is 0 Å². The molecule has 1 rings (SSSR count). The summed E-state index contributed by atoms with van der Waals surface area (Å²) < 4.78 is 29.4. The minimum atomic E-state index is -3.23. The minimum absolute atomic E-state index is 0.167. The first-order valence-electron chi connectivity index (χ1n) is 5.86. The third-order valence-corrected chi connectivity index (χ3v) is 4.37. The van der Waals surface area contributed by atoms with Gasteiger partial charge in [0.1, 0.15) is 5.60 Å². The first-order valence-corrected chi connectivity index (χ1v) is 7.71. The number of rotatable bonds is 2. The Bertz CT molecular complexity index is 427. The molecule has 1 fully saturated rings. The number of likely N-dealkylation sites (tertiary alicyclic amines) is 1. The molecule has 0 bridgehead atoms. The molecule has 2 atom stereocenters. The van der Waals surface area contributed by atoms with Crippen molar-refractivity contribution in [1.29, 1.82) is 0 Å². The van der Waals surface area contributed by atoms with Crippen LogP contribution in [0.15, 0.2) is 0 Å². The number of likely N-dealkylation sites (N-methyl/N-ethyl adjacent to an activating group) is 1. The van der Waals surface area contributed by atoms with E-state index in [1.165, 1.54) is 16.3 Å². The number of nitrogens with zero attached hydrogens (tertiary/aromatic N) is 2. The number of sulfonamides is 1. The van der Waals surface area contributed by atoms with Crippen LogP contribution in [0.2, 0.25) is 0 Å². The van der Waals surface area contributed by atoms with Crippen LogP contribution in [0.3, 0.4) is 0 Å². The van der Waals surface area contributed by atoms with Crippen molar-refractivity contribution in [2.24, 2.45) is 0 Å². The Balaban J connectivity index is 2.61. The van der Waals surface area contributed by atoms with Gasteiger partial charge in [0, 0.05) is 13.6 Å². The standard InChI is InChI=1S/C11H22N2O4S/c1-8-9(12(5)18(6,15)16)7-13(8)10(14)17-11(2,3)4/h8-9H,7H2,1-6H3. The van der Waals surface area contributed by atoms with Crippen molar-refractivity contribution < 1.29 is 17.9 Å². The minimum Gasteiger partial charge on any atom is -0.444 e. The molecule has 1 aliphatic rings. The molecule has 0 saturated carbocycles. The molecule has 1 amide bonds. The molecule has 0 spiro atoms. The molecular weight excluding hydrogens is 256 g/mol. The molecule has 0 aromatic rings. The third-order valence-electron chi connectivity index (χ3n) is 3.05. The van der Waals surface area contributed by atoms with Crippen molar-refractivity contribution in [3.63, 3.8) is 0 Å². The molecule has 0 radical (unpaired) electrons. The van der Waals surface area contributed by atoms with Gasteiger partial charge in [-0.1, -0.05) is 0 Å². The van der Waals surface area contributed by atoms with E-state index in [-0.39, 0.29) is 12.1 Å². The van der Waals surface area contributed by atoms with Crippen LogP contribution in [0.25, 0.3) is 0 Å². The second-order valence-corrected chi connectivity index (χ2v) is 7.76. The quantitative estimate of drug-likeness (QED) is 0.752. The second-order valence-electron chi connectivity index (χ2n) is 5.72. The summed E-state index contributed by atoms with van der Waals surface area (Å²) in [6.45, 7) is 7.60. The van der Waals surface area contributed by atoms with Gasteiger partial charge in [-0.15, -0.1) is 0 Å². The van der Waals surface area contributed by atoms with Crippen LogP contribution in [-0.2, 0) is 14.8 Å². The molecule has 2 unspecified atom stereocenters. The first-order chi connectivity index (χ1) is 7.93. The van der Waals surface area contributed by atoms with Crippen LogP contribution < -0.4 is 0 Å². The maximum atomic E-state index is 11.8. The smallest absolute Gasteiger partial charge is 0.410 e. The number of carbonyl (C=O) groups excluding carboxylic acids is 1. The van der Waals surface area contributed by atoms with Gasteiger partial charge in [-0.3, -0.25) is 0 Å². The summed E-state index contributed by atoms with van der Waals surface area (Å²) in [5.41, 5.74) is -0.537. The summed E-state index contributed by atoms with van der Waals surface area (Å²) in [5.74, 6) is 0. The zero-order chi connectivity index (χ0) is 14.3. The SMILES string of the molecule is CC1C(N(C)S(C)(=O)=O)CN1C(=O)OC(C)(C)C. The Kier molecular flexibility index (Phi) is 3.97. The Morgan fingerprint density at radius 2 is 1.89 bits per heavy atom. The molecule has 7 heteroatoms. The van der Waals surface area contributed by atoms with Gasteiger partial charge in [0.15, 0.2) is 0 Å². The zero-order valence-electron chi connectivity index (χ0n) is 11.8. The maximum absolute atomic E-state index is 11.8. The average Bonchev–Trinajstić information content (AvgIpc) is 2.10. The largest absolute Gasteiger partial charge is 0.444 e. The Morgan fingerprint density at radius 3 is 2.22 bits per heavy atom. The van der Waals surface area contributed by atoms with Crippen molar-refractivity contribution in [2.75, 3.05) is 19.8 Å². The van der Waals surface area contributed by atoms with Gasteiger partial charge >= 0.3 is 6.09 Å². The van der Waals surface area contributed by atoms with Gasteiger partial charge in [-0.05, 0) is 27.7 Å². The highest BCUT2D eigenvalue weighted by molar-refractivity contribution is 7.88. The van der Waals surface area contributed by atoms with Crippen LogP contribution in [0.4, 0.5) is 4.79 Å². The van der Waals surface area contributed by atoms with Crippen LogP contribution in [-0.4, -0.2) is 61.2 Å². The van der Waals surface area contributed by atoms with E-state index < -0.39 is 21.7 Å². The van der Waals surface area contributed by atoms with Gasteiger partial charge in [0.2, 0.25) is 10.0 Å². The van der Waals surface area contributed by atoms with E-state index in [0.29, 0.717) is 6.54 Å². The molecule has 0 aromatic carbocycles. The highest BCUT2D eigenvalue weighted by Gasteiger charge is 2.45. The summed E-state index contributed by atoms with van der Waals surface area (Å²) >= 11 is 0. The zero-order valence-corrected chi connectivity index (χ0v) is 12.6. The molecule has 1 heterocycles. The molecule has 0 aromatic heterocycles. The molecular formula is C11H22N2O4S. The highest BCUT2D eigenvalue weighted by Crippen LogP contribution is 2.26. The highest BCUT2D eigenvalue weighted by atomic mass is 32.2. The molecule has 1 aliphatic heterocycles. The van der Waals surface area contributed by atoms with Crippen molar-refractivity contribution in [1.82, 2.24) is 9.21 Å². The fourth-order valence-electron chi connectivity index (χ4n) is 1.82. The van der Waals surface area contributed by atoms with Crippen LogP contribution in [0, 0.1) is 0 Å². The lowest BCUT2D eigenvalue weighted by Gasteiger charge is -2.48.